The summed E-state index contributed by atoms with van der Waals surface area (Å²) < 4.78 is 12.5. The monoisotopic (exact) mass is 281 g/mol. The van der Waals surface area contributed by atoms with Gasteiger partial charge in [0.05, 0.1) is 12.9 Å². The van der Waals surface area contributed by atoms with Crippen LogP contribution in [0.4, 0.5) is 4.79 Å². The molecule has 1 aromatic rings. The maximum atomic E-state index is 11.9. The summed E-state index contributed by atoms with van der Waals surface area (Å²) >= 11 is 0. The lowest BCUT2D eigenvalue weighted by molar-refractivity contribution is 0.00750. The second-order valence-electron chi connectivity index (χ2n) is 6.09. The van der Waals surface area contributed by atoms with Gasteiger partial charge in [0.2, 0.25) is 0 Å². The number of hydrogen-bond donors (Lipinski definition) is 0. The molecule has 0 bridgehead atoms. The van der Waals surface area contributed by atoms with Crippen LogP contribution in [0.3, 0.4) is 0 Å². The number of aromatic nitrogens is 2. The Morgan fingerprint density at radius 2 is 2.15 bits per heavy atom. The van der Waals surface area contributed by atoms with Gasteiger partial charge >= 0.3 is 6.09 Å². The molecule has 0 aliphatic carbocycles. The van der Waals surface area contributed by atoms with E-state index in [1.54, 1.807) is 12.0 Å². The summed E-state index contributed by atoms with van der Waals surface area (Å²) in [4.78, 5) is 17.8. The van der Waals surface area contributed by atoms with Gasteiger partial charge in [-0.25, -0.2) is 9.78 Å². The second-order valence-corrected chi connectivity index (χ2v) is 6.09. The molecule has 0 N–H and O–H groups in total. The largest absolute Gasteiger partial charge is 0.444 e. The first-order chi connectivity index (χ1) is 9.40. The number of amides is 1. The normalized spacial score (nSPS) is 16.1. The van der Waals surface area contributed by atoms with Crippen LogP contribution in [0.2, 0.25) is 0 Å². The number of rotatable bonds is 4. The van der Waals surface area contributed by atoms with Crippen molar-refractivity contribution in [2.24, 2.45) is 0 Å². The maximum absolute atomic E-state index is 11.9. The van der Waals surface area contributed by atoms with E-state index < -0.39 is 5.60 Å². The van der Waals surface area contributed by atoms with E-state index in [1.165, 1.54) is 0 Å². The first-order valence-corrected chi connectivity index (χ1v) is 6.87. The fraction of sp³-hybridized carbons (Fsp3) is 0.714. The molecule has 2 rings (SSSR count). The van der Waals surface area contributed by atoms with Gasteiger partial charge in [0, 0.05) is 44.6 Å². The highest BCUT2D eigenvalue weighted by Gasteiger charge is 2.35. The standard InChI is InChI=1S/C14H23N3O3/c1-14(2,3)20-13(18)17-8-11(9-17)12-7-15-10-16(12)5-6-19-4/h7,10-11H,5-6,8-9H2,1-4H3. The van der Waals surface area contributed by atoms with E-state index in [-0.39, 0.29) is 6.09 Å². The zero-order valence-electron chi connectivity index (χ0n) is 12.6. The van der Waals surface area contributed by atoms with E-state index in [9.17, 15) is 4.79 Å². The van der Waals surface area contributed by atoms with Crippen molar-refractivity contribution in [1.82, 2.24) is 14.5 Å². The van der Waals surface area contributed by atoms with E-state index >= 15 is 0 Å². The van der Waals surface area contributed by atoms with Crippen LogP contribution in [0.25, 0.3) is 0 Å². The molecule has 0 saturated carbocycles. The Kier molecular flexibility index (Phi) is 4.32. The summed E-state index contributed by atoms with van der Waals surface area (Å²) in [6.07, 6.45) is 3.44. The van der Waals surface area contributed by atoms with E-state index in [4.69, 9.17) is 9.47 Å². The van der Waals surface area contributed by atoms with Crippen LogP contribution in [0.1, 0.15) is 32.4 Å². The number of nitrogens with zero attached hydrogens (tertiary/aromatic N) is 3. The van der Waals surface area contributed by atoms with Gasteiger partial charge < -0.3 is 18.9 Å². The molecule has 1 aromatic heterocycles. The van der Waals surface area contributed by atoms with Crippen molar-refractivity contribution in [3.05, 3.63) is 18.2 Å². The Morgan fingerprint density at radius 3 is 2.75 bits per heavy atom. The third kappa shape index (κ3) is 3.50. The van der Waals surface area contributed by atoms with Gasteiger partial charge in [0.1, 0.15) is 5.60 Å². The Bertz CT molecular complexity index is 458. The summed E-state index contributed by atoms with van der Waals surface area (Å²) in [5.74, 6) is 0.335. The Labute approximate surface area is 119 Å². The van der Waals surface area contributed by atoms with Gasteiger partial charge in [-0.15, -0.1) is 0 Å². The fourth-order valence-corrected chi connectivity index (χ4v) is 2.19. The van der Waals surface area contributed by atoms with Crippen LogP contribution >= 0.6 is 0 Å². The van der Waals surface area contributed by atoms with Crippen LogP contribution in [0.15, 0.2) is 12.5 Å². The van der Waals surface area contributed by atoms with Crippen LogP contribution < -0.4 is 0 Å². The highest BCUT2D eigenvalue weighted by Crippen LogP contribution is 2.28. The molecule has 1 fully saturated rings. The molecule has 1 aliphatic heterocycles. The molecule has 1 amide bonds. The minimum atomic E-state index is -0.442. The number of hydrogen-bond acceptors (Lipinski definition) is 4. The van der Waals surface area contributed by atoms with E-state index in [1.807, 2.05) is 33.3 Å². The van der Waals surface area contributed by atoms with Crippen LogP contribution in [-0.4, -0.2) is 53.0 Å². The van der Waals surface area contributed by atoms with Gasteiger partial charge in [-0.3, -0.25) is 0 Å². The molecule has 20 heavy (non-hydrogen) atoms. The molecular weight excluding hydrogens is 258 g/mol. The van der Waals surface area contributed by atoms with E-state index in [2.05, 4.69) is 9.55 Å². The van der Waals surface area contributed by atoms with Crippen molar-refractivity contribution in [2.75, 3.05) is 26.8 Å². The Balaban J connectivity index is 1.87. The van der Waals surface area contributed by atoms with E-state index in [0.717, 1.165) is 12.2 Å². The SMILES string of the molecule is COCCn1cncc1C1CN(C(=O)OC(C)(C)C)C1. The summed E-state index contributed by atoms with van der Waals surface area (Å²) in [5, 5.41) is 0. The predicted molar refractivity (Wildman–Crippen MR) is 74.7 cm³/mol. The topological polar surface area (TPSA) is 56.6 Å². The highest BCUT2D eigenvalue weighted by molar-refractivity contribution is 5.69. The smallest absolute Gasteiger partial charge is 0.410 e. The number of carbonyl (C=O) groups excluding carboxylic acids is 1. The third-order valence-electron chi connectivity index (χ3n) is 3.23. The van der Waals surface area contributed by atoms with Crippen molar-refractivity contribution < 1.29 is 14.3 Å². The number of ether oxygens (including phenoxy) is 2. The zero-order valence-corrected chi connectivity index (χ0v) is 12.6. The van der Waals surface area contributed by atoms with Gasteiger partial charge in [0.25, 0.3) is 0 Å². The number of imidazole rings is 1. The molecular formula is C14H23N3O3. The number of carbonyl (C=O) groups is 1. The predicted octanol–water partition coefficient (Wildman–Crippen LogP) is 1.86. The summed E-state index contributed by atoms with van der Waals surface area (Å²) in [6, 6.07) is 0. The molecule has 0 aromatic carbocycles. The lowest BCUT2D eigenvalue weighted by Gasteiger charge is -2.39. The molecule has 2 heterocycles. The molecule has 0 unspecified atom stereocenters. The number of likely N-dealkylation sites (tertiary alicyclic amines) is 1. The number of methoxy groups -OCH3 is 1. The van der Waals surface area contributed by atoms with E-state index in [0.29, 0.717) is 25.6 Å². The molecule has 6 heteroatoms. The average Bonchev–Trinajstić information content (AvgIpc) is 2.70. The van der Waals surface area contributed by atoms with Gasteiger partial charge in [-0.2, -0.15) is 0 Å². The van der Waals surface area contributed by atoms with Crippen molar-refractivity contribution >= 4 is 6.09 Å². The van der Waals surface area contributed by atoms with Crippen LogP contribution in [0.5, 0.6) is 0 Å². The van der Waals surface area contributed by atoms with Gasteiger partial charge in [-0.05, 0) is 20.8 Å². The van der Waals surface area contributed by atoms with Crippen LogP contribution in [0, 0.1) is 0 Å². The fourth-order valence-electron chi connectivity index (χ4n) is 2.19. The second kappa shape index (κ2) is 5.83. The molecule has 1 aliphatic rings. The Hall–Kier alpha value is -1.56. The average molecular weight is 281 g/mol. The summed E-state index contributed by atoms with van der Waals surface area (Å²) in [5.41, 5.74) is 0.712. The molecule has 0 atom stereocenters. The van der Waals surface area contributed by atoms with Crippen molar-refractivity contribution in [2.45, 2.75) is 38.8 Å². The highest BCUT2D eigenvalue weighted by atomic mass is 16.6. The molecule has 0 radical (unpaired) electrons. The first kappa shape index (κ1) is 14.8. The minimum Gasteiger partial charge on any atom is -0.444 e. The van der Waals surface area contributed by atoms with Gasteiger partial charge in [0.15, 0.2) is 0 Å². The molecule has 0 spiro atoms. The molecule has 6 nitrogen and oxygen atoms in total. The first-order valence-electron chi connectivity index (χ1n) is 6.87. The van der Waals surface area contributed by atoms with Crippen molar-refractivity contribution in [3.8, 4) is 0 Å². The van der Waals surface area contributed by atoms with Crippen molar-refractivity contribution in [3.63, 3.8) is 0 Å². The lowest BCUT2D eigenvalue weighted by atomic mass is 9.97. The zero-order chi connectivity index (χ0) is 14.8. The minimum absolute atomic E-state index is 0.239. The third-order valence-corrected chi connectivity index (χ3v) is 3.23. The van der Waals surface area contributed by atoms with Gasteiger partial charge in [-0.1, -0.05) is 0 Å². The molecule has 112 valence electrons. The summed E-state index contributed by atoms with van der Waals surface area (Å²) in [6.45, 7) is 8.45. The quantitative estimate of drug-likeness (QED) is 0.845. The van der Waals surface area contributed by atoms with Crippen molar-refractivity contribution in [1.29, 1.82) is 0 Å². The maximum Gasteiger partial charge on any atom is 0.410 e. The lowest BCUT2D eigenvalue weighted by Crippen LogP contribution is -2.50. The summed E-state index contributed by atoms with van der Waals surface area (Å²) in [7, 11) is 1.68. The van der Waals surface area contributed by atoms with Crippen LogP contribution in [-0.2, 0) is 16.0 Å². The molecule has 1 saturated heterocycles. The Morgan fingerprint density at radius 1 is 1.45 bits per heavy atom.